The maximum absolute atomic E-state index is 13.1. The molecule has 1 aromatic carbocycles. The van der Waals surface area contributed by atoms with Crippen LogP contribution in [-0.2, 0) is 6.54 Å². The molecule has 2 aromatic rings. The Hall–Kier alpha value is -2.14. The van der Waals surface area contributed by atoms with Crippen LogP contribution in [0.15, 0.2) is 34.9 Å². The fourth-order valence-electron chi connectivity index (χ4n) is 4.03. The molecular weight excluding hydrogens is 314 g/mol. The fraction of sp³-hybridized carbons (Fsp3) is 0.500. The first-order valence-electron chi connectivity index (χ1n) is 9.26. The quantitative estimate of drug-likeness (QED) is 0.855. The molecule has 2 fully saturated rings. The lowest BCUT2D eigenvalue weighted by atomic mass is 10.1. The van der Waals surface area contributed by atoms with Gasteiger partial charge in [-0.05, 0) is 63.4 Å². The van der Waals surface area contributed by atoms with Crippen LogP contribution in [0.4, 0.5) is 0 Å². The van der Waals surface area contributed by atoms with E-state index in [9.17, 15) is 4.79 Å². The maximum atomic E-state index is 13.1. The van der Waals surface area contributed by atoms with Crippen molar-refractivity contribution >= 4 is 5.91 Å². The van der Waals surface area contributed by atoms with Gasteiger partial charge in [0.25, 0.3) is 5.91 Å². The van der Waals surface area contributed by atoms with Crippen molar-refractivity contribution in [2.24, 2.45) is 0 Å². The van der Waals surface area contributed by atoms with Crippen LogP contribution in [0.2, 0.25) is 0 Å². The molecule has 0 N–H and O–H groups in total. The second-order valence-electron chi connectivity index (χ2n) is 7.20. The molecule has 2 aliphatic rings. The number of hydrogen-bond acceptors (Lipinski definition) is 4. The van der Waals surface area contributed by atoms with Crippen LogP contribution in [0.1, 0.15) is 59.1 Å². The van der Waals surface area contributed by atoms with Gasteiger partial charge in [0.2, 0.25) is 0 Å². The minimum atomic E-state index is 0.0344. The zero-order valence-electron chi connectivity index (χ0n) is 14.8. The van der Waals surface area contributed by atoms with Gasteiger partial charge in [-0.15, -0.1) is 0 Å². The number of aryl methyl sites for hydroxylation is 1. The third kappa shape index (κ3) is 3.47. The zero-order valence-corrected chi connectivity index (χ0v) is 14.8. The molecule has 5 heteroatoms. The van der Waals surface area contributed by atoms with Gasteiger partial charge in [0.1, 0.15) is 11.5 Å². The van der Waals surface area contributed by atoms with Crippen molar-refractivity contribution in [2.45, 2.75) is 45.2 Å². The van der Waals surface area contributed by atoms with Gasteiger partial charge in [0.05, 0.1) is 6.04 Å². The van der Waals surface area contributed by atoms with Crippen LogP contribution in [0.5, 0.6) is 0 Å². The fourth-order valence-corrected chi connectivity index (χ4v) is 4.03. The van der Waals surface area contributed by atoms with Crippen LogP contribution in [-0.4, -0.2) is 40.5 Å². The summed E-state index contributed by atoms with van der Waals surface area (Å²) in [7, 11) is 0. The second-order valence-corrected chi connectivity index (χ2v) is 7.20. The predicted octanol–water partition coefficient (Wildman–Crippen LogP) is 3.56. The summed E-state index contributed by atoms with van der Waals surface area (Å²) >= 11 is 0. The number of carbonyl (C=O) groups is 1. The second kappa shape index (κ2) is 7.00. The highest BCUT2D eigenvalue weighted by Gasteiger charge is 2.32. The summed E-state index contributed by atoms with van der Waals surface area (Å²) in [6.45, 7) is 5.94. The van der Waals surface area contributed by atoms with Gasteiger partial charge in [-0.25, -0.2) is 0 Å². The van der Waals surface area contributed by atoms with Crippen molar-refractivity contribution in [3.8, 4) is 0 Å². The topological polar surface area (TPSA) is 49.6 Å². The first-order valence-corrected chi connectivity index (χ1v) is 9.26. The van der Waals surface area contributed by atoms with Gasteiger partial charge in [0, 0.05) is 24.7 Å². The van der Waals surface area contributed by atoms with E-state index in [4.69, 9.17) is 4.52 Å². The minimum Gasteiger partial charge on any atom is -0.361 e. The molecule has 0 saturated carbocycles. The molecule has 5 nitrogen and oxygen atoms in total. The van der Waals surface area contributed by atoms with Crippen molar-refractivity contribution in [2.75, 3.05) is 19.6 Å². The number of likely N-dealkylation sites (tertiary alicyclic amines) is 2. The molecule has 0 bridgehead atoms. The van der Waals surface area contributed by atoms with Gasteiger partial charge in [0.15, 0.2) is 0 Å². The Morgan fingerprint density at radius 3 is 2.80 bits per heavy atom. The van der Waals surface area contributed by atoms with Crippen LogP contribution in [0.3, 0.4) is 0 Å². The van der Waals surface area contributed by atoms with E-state index in [1.807, 2.05) is 30.0 Å². The van der Waals surface area contributed by atoms with Crippen LogP contribution < -0.4 is 0 Å². The van der Waals surface area contributed by atoms with Crippen molar-refractivity contribution in [1.29, 1.82) is 0 Å². The van der Waals surface area contributed by atoms with E-state index >= 15 is 0 Å². The SMILES string of the molecule is Cc1cc([C@@H]2CCCN2C(=O)c2cccc(CN3CCCC3)c2)no1. The van der Waals surface area contributed by atoms with Crippen molar-refractivity contribution in [3.05, 3.63) is 52.9 Å². The number of nitrogens with zero attached hydrogens (tertiary/aromatic N) is 3. The average molecular weight is 339 g/mol. The molecule has 1 amide bonds. The summed E-state index contributed by atoms with van der Waals surface area (Å²) in [6.07, 6.45) is 4.53. The number of benzene rings is 1. The van der Waals surface area contributed by atoms with Gasteiger partial charge in [-0.2, -0.15) is 0 Å². The molecule has 0 spiro atoms. The Labute approximate surface area is 148 Å². The number of aromatic nitrogens is 1. The molecule has 1 atom stereocenters. The van der Waals surface area contributed by atoms with Gasteiger partial charge in [-0.3, -0.25) is 9.69 Å². The molecule has 2 aliphatic heterocycles. The predicted molar refractivity (Wildman–Crippen MR) is 95.2 cm³/mol. The standard InChI is InChI=1S/C20H25N3O2/c1-15-12-18(21-25-15)19-8-5-11-23(19)20(24)17-7-4-6-16(13-17)14-22-9-2-3-10-22/h4,6-7,12-13,19H,2-3,5,8-11,14H2,1H3/t19-/m0/s1. The first kappa shape index (κ1) is 16.3. The maximum Gasteiger partial charge on any atom is 0.254 e. The van der Waals surface area contributed by atoms with Crippen LogP contribution in [0.25, 0.3) is 0 Å². The number of amides is 1. The molecule has 0 radical (unpaired) electrons. The largest absolute Gasteiger partial charge is 0.361 e. The summed E-state index contributed by atoms with van der Waals surface area (Å²) in [6, 6.07) is 10.1. The van der Waals surface area contributed by atoms with E-state index < -0.39 is 0 Å². The lowest BCUT2D eigenvalue weighted by molar-refractivity contribution is 0.0730. The Balaban J connectivity index is 1.51. The molecule has 4 rings (SSSR count). The third-order valence-electron chi connectivity index (χ3n) is 5.28. The highest BCUT2D eigenvalue weighted by molar-refractivity contribution is 5.94. The normalized spacial score (nSPS) is 21.2. The van der Waals surface area contributed by atoms with Crippen molar-refractivity contribution < 1.29 is 9.32 Å². The summed E-state index contributed by atoms with van der Waals surface area (Å²) in [5.41, 5.74) is 2.88. The van der Waals surface area contributed by atoms with Gasteiger partial charge in [-0.1, -0.05) is 17.3 Å². The number of rotatable bonds is 4. The molecule has 3 heterocycles. The van der Waals surface area contributed by atoms with E-state index in [2.05, 4.69) is 22.2 Å². The van der Waals surface area contributed by atoms with Crippen molar-refractivity contribution in [1.82, 2.24) is 15.0 Å². The molecule has 0 unspecified atom stereocenters. The Bertz CT molecular complexity index is 749. The Morgan fingerprint density at radius 2 is 2.04 bits per heavy atom. The molecule has 25 heavy (non-hydrogen) atoms. The lowest BCUT2D eigenvalue weighted by Crippen LogP contribution is -2.30. The molecule has 0 aliphatic carbocycles. The lowest BCUT2D eigenvalue weighted by Gasteiger charge is -2.23. The monoisotopic (exact) mass is 339 g/mol. The summed E-state index contributed by atoms with van der Waals surface area (Å²) in [5, 5.41) is 4.13. The summed E-state index contributed by atoms with van der Waals surface area (Å²) < 4.78 is 5.21. The smallest absolute Gasteiger partial charge is 0.254 e. The molecule has 132 valence electrons. The first-order chi connectivity index (χ1) is 12.2. The van der Waals surface area contributed by atoms with E-state index in [1.54, 1.807) is 0 Å². The zero-order chi connectivity index (χ0) is 17.2. The average Bonchev–Trinajstić information content (AvgIpc) is 3.35. The number of carbonyl (C=O) groups excluding carboxylic acids is 1. The van der Waals surface area contributed by atoms with Crippen LogP contribution >= 0.6 is 0 Å². The Morgan fingerprint density at radius 1 is 1.20 bits per heavy atom. The van der Waals surface area contributed by atoms with E-state index in [-0.39, 0.29) is 11.9 Å². The van der Waals surface area contributed by atoms with Gasteiger partial charge < -0.3 is 9.42 Å². The van der Waals surface area contributed by atoms with Crippen LogP contribution in [0, 0.1) is 6.92 Å². The molecule has 1 aromatic heterocycles. The Kier molecular flexibility index (Phi) is 4.57. The minimum absolute atomic E-state index is 0.0344. The number of hydrogen-bond donors (Lipinski definition) is 0. The van der Waals surface area contributed by atoms with E-state index in [0.717, 1.165) is 56.0 Å². The highest BCUT2D eigenvalue weighted by Crippen LogP contribution is 2.32. The van der Waals surface area contributed by atoms with Crippen molar-refractivity contribution in [3.63, 3.8) is 0 Å². The van der Waals surface area contributed by atoms with Gasteiger partial charge >= 0.3 is 0 Å². The summed E-state index contributed by atoms with van der Waals surface area (Å²) in [5.74, 6) is 0.897. The van der Waals surface area contributed by atoms with E-state index in [0.29, 0.717) is 0 Å². The third-order valence-corrected chi connectivity index (χ3v) is 5.28. The molecule has 2 saturated heterocycles. The van der Waals surface area contributed by atoms with E-state index in [1.165, 1.54) is 18.4 Å². The summed E-state index contributed by atoms with van der Waals surface area (Å²) in [4.78, 5) is 17.5. The molecular formula is C20H25N3O2. The highest BCUT2D eigenvalue weighted by atomic mass is 16.5.